The minimum absolute atomic E-state index is 0.391. The molecule has 0 fully saturated rings. The van der Waals surface area contributed by atoms with Crippen molar-refractivity contribution >= 4 is 26.9 Å². The molecule has 0 atom stereocenters. The lowest BCUT2D eigenvalue weighted by atomic mass is 10.00. The van der Waals surface area contributed by atoms with E-state index < -0.39 is 0 Å². The Morgan fingerprint density at radius 2 is 2.11 bits per heavy atom. The number of hydrogen-bond acceptors (Lipinski definition) is 3. The molecular weight excluding hydrogens is 294 g/mol. The first-order chi connectivity index (χ1) is 8.58. The van der Waals surface area contributed by atoms with Crippen molar-refractivity contribution in [2.45, 2.75) is 32.9 Å². The fourth-order valence-corrected chi connectivity index (χ4v) is 2.66. The first-order valence-electron chi connectivity index (χ1n) is 6.01. The monoisotopic (exact) mass is 311 g/mol. The Hall–Kier alpha value is -0.840. The number of halogens is 1. The zero-order chi connectivity index (χ0) is 13.3. The number of rotatable bonds is 4. The third kappa shape index (κ3) is 2.32. The van der Waals surface area contributed by atoms with E-state index in [9.17, 15) is 0 Å². The Morgan fingerprint density at radius 1 is 1.39 bits per heavy atom. The Morgan fingerprint density at radius 3 is 2.67 bits per heavy atom. The van der Waals surface area contributed by atoms with Crippen LogP contribution < -0.4 is 5.73 Å². The van der Waals surface area contributed by atoms with E-state index in [1.54, 1.807) is 7.11 Å². The molecule has 0 spiro atoms. The maximum atomic E-state index is 5.92. The predicted octanol–water partition coefficient (Wildman–Crippen LogP) is 3.92. The minimum Gasteiger partial charge on any atom is -0.459 e. The molecule has 0 radical (unpaired) electrons. The van der Waals surface area contributed by atoms with Crippen molar-refractivity contribution in [2.24, 2.45) is 5.73 Å². The van der Waals surface area contributed by atoms with Crippen LogP contribution in [0.5, 0.6) is 0 Å². The van der Waals surface area contributed by atoms with Gasteiger partial charge in [-0.3, -0.25) is 0 Å². The van der Waals surface area contributed by atoms with Gasteiger partial charge in [0, 0.05) is 22.5 Å². The van der Waals surface area contributed by atoms with Crippen LogP contribution in [0.1, 0.15) is 36.7 Å². The second-order valence-corrected chi connectivity index (χ2v) is 5.58. The summed E-state index contributed by atoms with van der Waals surface area (Å²) in [6, 6.07) is 4.17. The second-order valence-electron chi connectivity index (χ2n) is 4.67. The highest BCUT2D eigenvalue weighted by atomic mass is 79.9. The largest absolute Gasteiger partial charge is 0.459 e. The summed E-state index contributed by atoms with van der Waals surface area (Å²) in [6.45, 7) is 5.22. The standard InChI is InChI=1S/C14H18BrNO2/c1-8(2)10-4-9(15)5-11-12(7-17-3)13(6-16)18-14(10)11/h4-5,8H,6-7,16H2,1-3H3. The number of nitrogens with two attached hydrogens (primary N) is 1. The predicted molar refractivity (Wildman–Crippen MR) is 76.6 cm³/mol. The van der Waals surface area contributed by atoms with Crippen molar-refractivity contribution in [1.29, 1.82) is 0 Å². The number of methoxy groups -OCH3 is 1. The molecule has 98 valence electrons. The highest BCUT2D eigenvalue weighted by Gasteiger charge is 2.18. The van der Waals surface area contributed by atoms with Crippen molar-refractivity contribution in [1.82, 2.24) is 0 Å². The van der Waals surface area contributed by atoms with E-state index in [4.69, 9.17) is 14.9 Å². The molecule has 2 N–H and O–H groups in total. The van der Waals surface area contributed by atoms with Gasteiger partial charge in [-0.1, -0.05) is 29.8 Å². The molecule has 1 heterocycles. The van der Waals surface area contributed by atoms with Crippen molar-refractivity contribution in [3.05, 3.63) is 33.5 Å². The molecule has 0 aliphatic heterocycles. The fourth-order valence-electron chi connectivity index (χ4n) is 2.18. The van der Waals surface area contributed by atoms with E-state index in [2.05, 4.69) is 41.9 Å². The van der Waals surface area contributed by atoms with Gasteiger partial charge in [-0.15, -0.1) is 0 Å². The molecular formula is C14H18BrNO2. The number of hydrogen-bond donors (Lipinski definition) is 1. The van der Waals surface area contributed by atoms with Gasteiger partial charge in [0.05, 0.1) is 13.2 Å². The van der Waals surface area contributed by atoms with Gasteiger partial charge < -0.3 is 14.9 Å². The zero-order valence-electron chi connectivity index (χ0n) is 10.9. The first-order valence-corrected chi connectivity index (χ1v) is 6.80. The molecule has 0 aliphatic carbocycles. The Balaban J connectivity index is 2.75. The SMILES string of the molecule is COCc1c(CN)oc2c(C(C)C)cc(Br)cc12. The quantitative estimate of drug-likeness (QED) is 0.930. The van der Waals surface area contributed by atoms with Crippen LogP contribution in [0.4, 0.5) is 0 Å². The topological polar surface area (TPSA) is 48.4 Å². The lowest BCUT2D eigenvalue weighted by Crippen LogP contribution is -1.99. The lowest BCUT2D eigenvalue weighted by molar-refractivity contribution is 0.184. The van der Waals surface area contributed by atoms with Crippen molar-refractivity contribution in [3.8, 4) is 0 Å². The molecule has 2 rings (SSSR count). The molecule has 3 nitrogen and oxygen atoms in total. The van der Waals surface area contributed by atoms with Crippen LogP contribution in [0.2, 0.25) is 0 Å². The number of furan rings is 1. The van der Waals surface area contributed by atoms with Gasteiger partial charge in [-0.25, -0.2) is 0 Å². The Bertz CT molecular complexity index is 560. The van der Waals surface area contributed by atoms with E-state index in [1.165, 1.54) is 5.56 Å². The van der Waals surface area contributed by atoms with Crippen LogP contribution in [-0.2, 0) is 17.9 Å². The van der Waals surface area contributed by atoms with Crippen molar-refractivity contribution in [3.63, 3.8) is 0 Å². The molecule has 1 aromatic heterocycles. The minimum atomic E-state index is 0.391. The van der Waals surface area contributed by atoms with Crippen molar-refractivity contribution in [2.75, 3.05) is 7.11 Å². The van der Waals surface area contributed by atoms with E-state index in [-0.39, 0.29) is 0 Å². The molecule has 0 bridgehead atoms. The van der Waals surface area contributed by atoms with Crippen molar-refractivity contribution < 1.29 is 9.15 Å². The lowest BCUT2D eigenvalue weighted by Gasteiger charge is -2.07. The smallest absolute Gasteiger partial charge is 0.138 e. The van der Waals surface area contributed by atoms with E-state index in [1.807, 2.05) is 0 Å². The van der Waals surface area contributed by atoms with Gasteiger partial charge >= 0.3 is 0 Å². The molecule has 0 amide bonds. The summed E-state index contributed by atoms with van der Waals surface area (Å²) in [5.41, 5.74) is 8.92. The first kappa shape index (κ1) is 13.6. The summed E-state index contributed by atoms with van der Waals surface area (Å²) in [5, 5.41) is 1.09. The third-order valence-electron chi connectivity index (χ3n) is 3.07. The summed E-state index contributed by atoms with van der Waals surface area (Å²) in [4.78, 5) is 0. The Kier molecular flexibility index (Phi) is 4.10. The molecule has 0 saturated carbocycles. The fraction of sp³-hybridized carbons (Fsp3) is 0.429. The highest BCUT2D eigenvalue weighted by molar-refractivity contribution is 9.10. The van der Waals surface area contributed by atoms with E-state index >= 15 is 0 Å². The van der Waals surface area contributed by atoms with Crippen LogP contribution >= 0.6 is 15.9 Å². The second kappa shape index (κ2) is 5.43. The summed E-state index contributed by atoms with van der Waals surface area (Å²) in [7, 11) is 1.68. The maximum absolute atomic E-state index is 5.92. The maximum Gasteiger partial charge on any atom is 0.138 e. The highest BCUT2D eigenvalue weighted by Crippen LogP contribution is 2.35. The zero-order valence-corrected chi connectivity index (χ0v) is 12.5. The molecule has 0 aliphatic rings. The number of benzene rings is 1. The molecule has 18 heavy (non-hydrogen) atoms. The van der Waals surface area contributed by atoms with E-state index in [0.717, 1.165) is 26.8 Å². The normalized spacial score (nSPS) is 11.7. The van der Waals surface area contributed by atoms with Crippen LogP contribution in [0.25, 0.3) is 11.0 Å². The summed E-state index contributed by atoms with van der Waals surface area (Å²) < 4.78 is 12.2. The molecule has 0 unspecified atom stereocenters. The molecule has 2 aromatic rings. The Labute approximate surface area is 115 Å². The van der Waals surface area contributed by atoms with Gasteiger partial charge in [0.1, 0.15) is 11.3 Å². The number of ether oxygens (including phenoxy) is 1. The van der Waals surface area contributed by atoms with Crippen LogP contribution in [0.3, 0.4) is 0 Å². The van der Waals surface area contributed by atoms with Gasteiger partial charge in [-0.05, 0) is 23.6 Å². The van der Waals surface area contributed by atoms with E-state index in [0.29, 0.717) is 19.1 Å². The van der Waals surface area contributed by atoms with Gasteiger partial charge in [-0.2, -0.15) is 0 Å². The molecule has 0 saturated heterocycles. The van der Waals surface area contributed by atoms with Gasteiger partial charge in [0.15, 0.2) is 0 Å². The average Bonchev–Trinajstić information content (AvgIpc) is 2.67. The average molecular weight is 312 g/mol. The summed E-state index contributed by atoms with van der Waals surface area (Å²) in [6.07, 6.45) is 0. The van der Waals surface area contributed by atoms with Crippen LogP contribution in [0, 0.1) is 0 Å². The van der Waals surface area contributed by atoms with Crippen LogP contribution in [0.15, 0.2) is 21.0 Å². The summed E-state index contributed by atoms with van der Waals surface area (Å²) in [5.74, 6) is 1.21. The van der Waals surface area contributed by atoms with Gasteiger partial charge in [0.25, 0.3) is 0 Å². The summed E-state index contributed by atoms with van der Waals surface area (Å²) >= 11 is 3.55. The molecule has 4 heteroatoms. The van der Waals surface area contributed by atoms with Crippen LogP contribution in [-0.4, -0.2) is 7.11 Å². The van der Waals surface area contributed by atoms with Gasteiger partial charge in [0.2, 0.25) is 0 Å². The third-order valence-corrected chi connectivity index (χ3v) is 3.52. The molecule has 1 aromatic carbocycles. The number of fused-ring (bicyclic) bond motifs is 1.